The van der Waals surface area contributed by atoms with Crippen LogP contribution >= 0.6 is 11.8 Å². The van der Waals surface area contributed by atoms with Crippen LogP contribution in [0.25, 0.3) is 0 Å². The van der Waals surface area contributed by atoms with E-state index < -0.39 is 5.97 Å². The molecule has 4 heteroatoms. The van der Waals surface area contributed by atoms with Crippen LogP contribution in [0.3, 0.4) is 0 Å². The van der Waals surface area contributed by atoms with Crippen molar-refractivity contribution in [2.45, 2.75) is 11.3 Å². The van der Waals surface area contributed by atoms with Gasteiger partial charge in [-0.15, -0.1) is 11.8 Å². The summed E-state index contributed by atoms with van der Waals surface area (Å²) in [7, 11) is 0. The minimum Gasteiger partial charge on any atom is -0.550 e. The van der Waals surface area contributed by atoms with Crippen LogP contribution in [0.15, 0.2) is 35.2 Å². The Hall–Kier alpha value is 0.0400. The molecule has 0 saturated carbocycles. The Balaban J connectivity index is 0.00000144. The summed E-state index contributed by atoms with van der Waals surface area (Å²) < 4.78 is 0. The Kier molecular flexibility index (Phi) is 7.47. The van der Waals surface area contributed by atoms with Crippen molar-refractivity contribution in [2.24, 2.45) is 0 Å². The van der Waals surface area contributed by atoms with E-state index in [2.05, 4.69) is 0 Å². The summed E-state index contributed by atoms with van der Waals surface area (Å²) in [6.45, 7) is 0. The van der Waals surface area contributed by atoms with Crippen LogP contribution in [0.4, 0.5) is 0 Å². The fourth-order valence-electron chi connectivity index (χ4n) is 0.769. The smallest absolute Gasteiger partial charge is 0.550 e. The third-order valence-corrected chi connectivity index (χ3v) is 2.33. The molecular weight excluding hydrogens is 195 g/mol. The number of thioether (sulfide) groups is 1. The molecule has 0 aliphatic rings. The van der Waals surface area contributed by atoms with Crippen LogP contribution in [0.5, 0.6) is 0 Å². The van der Waals surface area contributed by atoms with Crippen LogP contribution in [-0.4, -0.2) is 11.7 Å². The Bertz CT molecular complexity index is 251. The molecule has 0 fully saturated rings. The van der Waals surface area contributed by atoms with Crippen molar-refractivity contribution >= 4 is 17.7 Å². The second-order valence-electron chi connectivity index (χ2n) is 2.28. The van der Waals surface area contributed by atoms with E-state index in [1.54, 1.807) is 0 Å². The van der Waals surface area contributed by atoms with Crippen LogP contribution in [0.2, 0.25) is 0 Å². The Labute approximate surface area is 104 Å². The third-order valence-electron chi connectivity index (χ3n) is 1.32. The normalized spacial score (nSPS) is 8.92. The summed E-state index contributed by atoms with van der Waals surface area (Å²) in [5.41, 5.74) is 0. The molecule has 0 radical (unpaired) electrons. The summed E-state index contributed by atoms with van der Waals surface area (Å²) in [4.78, 5) is 11.2. The molecule has 13 heavy (non-hydrogen) atoms. The predicted molar refractivity (Wildman–Crippen MR) is 46.8 cm³/mol. The van der Waals surface area contributed by atoms with Gasteiger partial charge in [-0.3, -0.25) is 0 Å². The SMILES string of the molecule is O=C([O-])CCSc1ccccc1.[Na+]. The van der Waals surface area contributed by atoms with Crippen LogP contribution in [0.1, 0.15) is 6.42 Å². The quantitative estimate of drug-likeness (QED) is 0.417. The second-order valence-corrected chi connectivity index (χ2v) is 3.45. The Morgan fingerprint density at radius 1 is 1.31 bits per heavy atom. The van der Waals surface area contributed by atoms with Gasteiger partial charge in [-0.1, -0.05) is 18.2 Å². The number of carboxylic acid groups (broad SMARTS) is 1. The molecule has 0 amide bonds. The van der Waals surface area contributed by atoms with Gasteiger partial charge in [0, 0.05) is 16.6 Å². The molecule has 0 heterocycles. The summed E-state index contributed by atoms with van der Waals surface area (Å²) in [5, 5.41) is 10.1. The Morgan fingerprint density at radius 3 is 2.46 bits per heavy atom. The molecule has 1 aromatic carbocycles. The van der Waals surface area contributed by atoms with E-state index in [1.165, 1.54) is 11.8 Å². The number of hydrogen-bond donors (Lipinski definition) is 0. The maximum Gasteiger partial charge on any atom is 1.00 e. The molecular formula is C9H9NaO2S. The molecule has 64 valence electrons. The number of aliphatic carboxylic acids is 1. The van der Waals surface area contributed by atoms with Crippen molar-refractivity contribution in [3.8, 4) is 0 Å². The van der Waals surface area contributed by atoms with Crippen molar-refractivity contribution < 1.29 is 39.5 Å². The van der Waals surface area contributed by atoms with Gasteiger partial charge in [0.1, 0.15) is 0 Å². The largest absolute Gasteiger partial charge is 1.00 e. The first-order valence-corrected chi connectivity index (χ1v) is 4.65. The number of carboxylic acids is 1. The van der Waals surface area contributed by atoms with Crippen molar-refractivity contribution in [1.29, 1.82) is 0 Å². The average molecular weight is 204 g/mol. The van der Waals surface area contributed by atoms with E-state index in [1.807, 2.05) is 30.3 Å². The molecule has 1 rings (SSSR count). The number of benzene rings is 1. The van der Waals surface area contributed by atoms with Gasteiger partial charge in [0.15, 0.2) is 0 Å². The molecule has 0 bridgehead atoms. The van der Waals surface area contributed by atoms with Gasteiger partial charge in [-0.25, -0.2) is 0 Å². The second kappa shape index (κ2) is 7.44. The van der Waals surface area contributed by atoms with Gasteiger partial charge >= 0.3 is 29.6 Å². The number of rotatable bonds is 4. The van der Waals surface area contributed by atoms with E-state index >= 15 is 0 Å². The van der Waals surface area contributed by atoms with Gasteiger partial charge < -0.3 is 9.90 Å². The zero-order valence-electron chi connectivity index (χ0n) is 7.53. The fourth-order valence-corrected chi connectivity index (χ4v) is 1.62. The molecule has 0 atom stereocenters. The predicted octanol–water partition coefficient (Wildman–Crippen LogP) is -2.08. The van der Waals surface area contributed by atoms with Crippen LogP contribution in [-0.2, 0) is 4.79 Å². The molecule has 0 N–H and O–H groups in total. The van der Waals surface area contributed by atoms with Gasteiger partial charge in [-0.2, -0.15) is 0 Å². The zero-order chi connectivity index (χ0) is 8.81. The van der Waals surface area contributed by atoms with Gasteiger partial charge in [-0.05, 0) is 18.6 Å². The van der Waals surface area contributed by atoms with E-state index in [-0.39, 0.29) is 36.0 Å². The van der Waals surface area contributed by atoms with Crippen LogP contribution < -0.4 is 34.7 Å². The summed E-state index contributed by atoms with van der Waals surface area (Å²) in [6, 6.07) is 9.71. The molecule has 2 nitrogen and oxygen atoms in total. The average Bonchev–Trinajstić information content (AvgIpc) is 2.05. The van der Waals surface area contributed by atoms with Gasteiger partial charge in [0.25, 0.3) is 0 Å². The minimum absolute atomic E-state index is 0. The standard InChI is InChI=1S/C9H10O2S.Na/c10-9(11)6-7-12-8-4-2-1-3-5-8;/h1-5H,6-7H2,(H,10,11);/q;+1/p-1. The van der Waals surface area contributed by atoms with Crippen LogP contribution in [0, 0.1) is 0 Å². The third kappa shape index (κ3) is 6.16. The van der Waals surface area contributed by atoms with Crippen molar-refractivity contribution in [2.75, 3.05) is 5.75 Å². The molecule has 0 aliphatic heterocycles. The van der Waals surface area contributed by atoms with Gasteiger partial charge in [0.05, 0.1) is 0 Å². The summed E-state index contributed by atoms with van der Waals surface area (Å²) in [6.07, 6.45) is 0.111. The van der Waals surface area contributed by atoms with Gasteiger partial charge in [0.2, 0.25) is 0 Å². The van der Waals surface area contributed by atoms with E-state index in [9.17, 15) is 9.90 Å². The maximum absolute atomic E-state index is 10.1. The number of hydrogen-bond acceptors (Lipinski definition) is 3. The molecule has 1 aromatic rings. The molecule has 0 aromatic heterocycles. The van der Waals surface area contributed by atoms with Crippen molar-refractivity contribution in [3.05, 3.63) is 30.3 Å². The van der Waals surface area contributed by atoms with E-state index in [0.717, 1.165) is 4.90 Å². The van der Waals surface area contributed by atoms with Crippen molar-refractivity contribution in [1.82, 2.24) is 0 Å². The molecule has 0 spiro atoms. The monoisotopic (exact) mass is 204 g/mol. The summed E-state index contributed by atoms with van der Waals surface area (Å²) >= 11 is 1.53. The first-order chi connectivity index (χ1) is 5.79. The zero-order valence-corrected chi connectivity index (χ0v) is 10.3. The Morgan fingerprint density at radius 2 is 1.92 bits per heavy atom. The number of carbonyl (C=O) groups excluding carboxylic acids is 1. The van der Waals surface area contributed by atoms with Crippen molar-refractivity contribution in [3.63, 3.8) is 0 Å². The molecule has 0 aliphatic carbocycles. The first-order valence-electron chi connectivity index (χ1n) is 3.67. The summed E-state index contributed by atoms with van der Waals surface area (Å²) in [5.74, 6) is -0.412. The maximum atomic E-state index is 10.1. The first kappa shape index (κ1) is 13.0. The molecule has 0 unspecified atom stereocenters. The topological polar surface area (TPSA) is 40.1 Å². The minimum atomic E-state index is -0.988. The molecule has 0 saturated heterocycles. The fraction of sp³-hybridized carbons (Fsp3) is 0.222. The van der Waals surface area contributed by atoms with E-state index in [4.69, 9.17) is 0 Å². The van der Waals surface area contributed by atoms with E-state index in [0.29, 0.717) is 5.75 Å². The number of carbonyl (C=O) groups is 1.